The molecule has 0 bridgehead atoms. The van der Waals surface area contributed by atoms with Gasteiger partial charge in [0.1, 0.15) is 18.9 Å². The van der Waals surface area contributed by atoms with Gasteiger partial charge in [-0.3, -0.25) is 0 Å². The van der Waals surface area contributed by atoms with Gasteiger partial charge in [-0.1, -0.05) is 0 Å². The van der Waals surface area contributed by atoms with E-state index in [-0.39, 0.29) is 0 Å². The first-order valence-electron chi connectivity index (χ1n) is 5.32. The Labute approximate surface area is 107 Å². The van der Waals surface area contributed by atoms with Crippen LogP contribution < -0.4 is 14.8 Å². The molecule has 0 fully saturated rings. The van der Waals surface area contributed by atoms with Crippen molar-refractivity contribution in [1.82, 2.24) is 4.98 Å². The molecule has 0 aliphatic carbocycles. The van der Waals surface area contributed by atoms with Crippen LogP contribution in [0.2, 0.25) is 0 Å². The predicted octanol–water partition coefficient (Wildman–Crippen LogP) is 2.99. The number of hydrogen-bond donors (Lipinski definition) is 1. The Morgan fingerprint density at radius 3 is 2.94 bits per heavy atom. The maximum Gasteiger partial charge on any atom is 0.183 e. The maximum atomic E-state index is 5.68. The summed E-state index contributed by atoms with van der Waals surface area (Å²) in [5, 5.41) is 5.99. The molecule has 3 heterocycles. The monoisotopic (exact) mass is 268 g/mol. The molecule has 6 heteroatoms. The third-order valence-electron chi connectivity index (χ3n) is 2.53. The van der Waals surface area contributed by atoms with Crippen molar-refractivity contribution in [3.05, 3.63) is 10.3 Å². The fourth-order valence-electron chi connectivity index (χ4n) is 1.74. The Morgan fingerprint density at radius 2 is 2.18 bits per heavy atom. The number of nitrogens with one attached hydrogen (secondary N) is 1. The minimum atomic E-state index is 0.610. The topological polar surface area (TPSA) is 43.4 Å². The van der Waals surface area contributed by atoms with Crippen LogP contribution in [0.3, 0.4) is 0 Å². The van der Waals surface area contributed by atoms with Gasteiger partial charge in [0.25, 0.3) is 0 Å². The molecule has 1 aliphatic heterocycles. The first-order chi connectivity index (χ1) is 8.29. The van der Waals surface area contributed by atoms with Crippen molar-refractivity contribution in [2.45, 2.75) is 6.92 Å². The Kier molecular flexibility index (Phi) is 2.68. The number of aryl methyl sites for hydroxylation is 1. The average molecular weight is 268 g/mol. The highest BCUT2D eigenvalue weighted by Gasteiger charge is 2.22. The number of hydrogen-bond acceptors (Lipinski definition) is 6. The smallest absolute Gasteiger partial charge is 0.183 e. The normalized spacial score (nSPS) is 13.8. The van der Waals surface area contributed by atoms with Gasteiger partial charge in [0.15, 0.2) is 16.6 Å². The Balaban J connectivity index is 2.08. The SMILES string of the molecule is CNc1nc(-c2scc3c2OCCO3)c(C)s1. The van der Waals surface area contributed by atoms with Crippen LogP contribution in [0, 0.1) is 6.92 Å². The molecular formula is C11H12N2O2S2. The van der Waals surface area contributed by atoms with Crippen molar-refractivity contribution in [2.24, 2.45) is 0 Å². The average Bonchev–Trinajstić information content (AvgIpc) is 2.92. The first-order valence-corrected chi connectivity index (χ1v) is 7.02. The highest BCUT2D eigenvalue weighted by atomic mass is 32.1. The lowest BCUT2D eigenvalue weighted by Crippen LogP contribution is -2.14. The van der Waals surface area contributed by atoms with Crippen LogP contribution in [-0.2, 0) is 0 Å². The van der Waals surface area contributed by atoms with E-state index < -0.39 is 0 Å². The van der Waals surface area contributed by atoms with Crippen LogP contribution in [0.1, 0.15) is 4.88 Å². The van der Waals surface area contributed by atoms with E-state index in [1.807, 2.05) is 12.4 Å². The van der Waals surface area contributed by atoms with Gasteiger partial charge in [0.05, 0.1) is 4.88 Å². The number of fused-ring (bicyclic) bond motifs is 1. The quantitative estimate of drug-likeness (QED) is 0.909. The summed E-state index contributed by atoms with van der Waals surface area (Å²) in [6.07, 6.45) is 0. The zero-order chi connectivity index (χ0) is 11.8. The summed E-state index contributed by atoms with van der Waals surface area (Å²) in [6, 6.07) is 0. The molecular weight excluding hydrogens is 256 g/mol. The van der Waals surface area contributed by atoms with Gasteiger partial charge in [-0.2, -0.15) is 0 Å². The number of ether oxygens (including phenoxy) is 2. The van der Waals surface area contributed by atoms with Gasteiger partial charge in [-0.15, -0.1) is 22.7 Å². The summed E-state index contributed by atoms with van der Waals surface area (Å²) in [5.74, 6) is 1.69. The van der Waals surface area contributed by atoms with Crippen molar-refractivity contribution in [1.29, 1.82) is 0 Å². The van der Waals surface area contributed by atoms with Crippen molar-refractivity contribution in [3.8, 4) is 22.1 Å². The standard InChI is InChI=1S/C11H12N2O2S2/c1-6-8(13-11(12-2)17-6)10-9-7(5-16-10)14-3-4-15-9/h5H,3-4H2,1-2H3,(H,12,13). The fraction of sp³-hybridized carbons (Fsp3) is 0.364. The molecule has 0 aromatic carbocycles. The number of aromatic nitrogens is 1. The molecule has 1 N–H and O–H groups in total. The molecule has 2 aromatic heterocycles. The van der Waals surface area contributed by atoms with Gasteiger partial charge in [0.2, 0.25) is 0 Å². The van der Waals surface area contributed by atoms with Crippen molar-refractivity contribution in [3.63, 3.8) is 0 Å². The summed E-state index contributed by atoms with van der Waals surface area (Å²) in [4.78, 5) is 6.81. The van der Waals surface area contributed by atoms with Crippen LogP contribution in [0.15, 0.2) is 5.38 Å². The van der Waals surface area contributed by atoms with Gasteiger partial charge >= 0.3 is 0 Å². The third-order valence-corrected chi connectivity index (χ3v) is 4.46. The summed E-state index contributed by atoms with van der Waals surface area (Å²) in [7, 11) is 1.88. The lowest BCUT2D eigenvalue weighted by molar-refractivity contribution is 0.174. The lowest BCUT2D eigenvalue weighted by Gasteiger charge is -2.15. The highest BCUT2D eigenvalue weighted by Crippen LogP contribution is 2.47. The maximum absolute atomic E-state index is 5.68. The predicted molar refractivity (Wildman–Crippen MR) is 70.7 cm³/mol. The summed E-state index contributed by atoms with van der Waals surface area (Å²) in [6.45, 7) is 3.31. The molecule has 90 valence electrons. The molecule has 0 amide bonds. The molecule has 0 unspecified atom stereocenters. The number of thiophene rings is 1. The number of rotatable bonds is 2. The van der Waals surface area contributed by atoms with Gasteiger partial charge < -0.3 is 14.8 Å². The molecule has 4 nitrogen and oxygen atoms in total. The molecule has 0 atom stereocenters. The summed E-state index contributed by atoms with van der Waals surface area (Å²) >= 11 is 3.27. The highest BCUT2D eigenvalue weighted by molar-refractivity contribution is 7.17. The second-order valence-electron chi connectivity index (χ2n) is 3.63. The largest absolute Gasteiger partial charge is 0.485 e. The van der Waals surface area contributed by atoms with Crippen LogP contribution >= 0.6 is 22.7 Å². The minimum Gasteiger partial charge on any atom is -0.485 e. The van der Waals surface area contributed by atoms with Gasteiger partial charge in [-0.25, -0.2) is 4.98 Å². The van der Waals surface area contributed by atoms with Crippen LogP contribution in [0.4, 0.5) is 5.13 Å². The summed E-state index contributed by atoms with van der Waals surface area (Å²) < 4.78 is 11.2. The van der Waals surface area contributed by atoms with Crippen molar-refractivity contribution in [2.75, 3.05) is 25.6 Å². The van der Waals surface area contributed by atoms with Crippen LogP contribution in [-0.4, -0.2) is 25.2 Å². The molecule has 0 saturated carbocycles. The molecule has 3 rings (SSSR count). The molecule has 0 radical (unpaired) electrons. The number of anilines is 1. The zero-order valence-electron chi connectivity index (χ0n) is 9.57. The molecule has 0 saturated heterocycles. The third kappa shape index (κ3) is 1.77. The molecule has 0 spiro atoms. The zero-order valence-corrected chi connectivity index (χ0v) is 11.2. The Bertz CT molecular complexity index is 548. The Hall–Kier alpha value is -1.27. The van der Waals surface area contributed by atoms with Gasteiger partial charge in [-0.05, 0) is 6.92 Å². The van der Waals surface area contributed by atoms with Crippen LogP contribution in [0.25, 0.3) is 10.6 Å². The second-order valence-corrected chi connectivity index (χ2v) is 5.71. The lowest BCUT2D eigenvalue weighted by atomic mass is 10.3. The first kappa shape index (κ1) is 10.9. The van der Waals surface area contributed by atoms with E-state index in [2.05, 4.69) is 17.2 Å². The van der Waals surface area contributed by atoms with Crippen LogP contribution in [0.5, 0.6) is 11.5 Å². The van der Waals surface area contributed by atoms with E-state index in [4.69, 9.17) is 9.47 Å². The fourth-order valence-corrected chi connectivity index (χ4v) is 3.56. The summed E-state index contributed by atoms with van der Waals surface area (Å²) in [5.41, 5.74) is 0.996. The van der Waals surface area contributed by atoms with E-state index in [1.54, 1.807) is 22.7 Å². The van der Waals surface area contributed by atoms with E-state index in [0.29, 0.717) is 13.2 Å². The number of nitrogens with zero attached hydrogens (tertiary/aromatic N) is 1. The molecule has 1 aliphatic rings. The van der Waals surface area contributed by atoms with Gasteiger partial charge in [0, 0.05) is 17.3 Å². The van der Waals surface area contributed by atoms with E-state index in [1.165, 1.54) is 4.88 Å². The van der Waals surface area contributed by atoms with E-state index in [0.717, 1.165) is 27.2 Å². The number of thiazole rings is 1. The van der Waals surface area contributed by atoms with E-state index in [9.17, 15) is 0 Å². The Morgan fingerprint density at radius 1 is 1.35 bits per heavy atom. The van der Waals surface area contributed by atoms with Crippen molar-refractivity contribution >= 4 is 27.8 Å². The van der Waals surface area contributed by atoms with E-state index >= 15 is 0 Å². The molecule has 17 heavy (non-hydrogen) atoms. The molecule has 2 aromatic rings. The van der Waals surface area contributed by atoms with Crippen molar-refractivity contribution < 1.29 is 9.47 Å². The minimum absolute atomic E-state index is 0.610. The second kappa shape index (κ2) is 4.19.